The van der Waals surface area contributed by atoms with Crippen LogP contribution in [0.5, 0.6) is 5.75 Å². The molecule has 2 aliphatic rings. The molecule has 6 heteroatoms. The van der Waals surface area contributed by atoms with Crippen molar-refractivity contribution < 1.29 is 14.7 Å². The lowest BCUT2D eigenvalue weighted by Crippen LogP contribution is -2.45. The first kappa shape index (κ1) is 17.1. The number of nitrogens with zero attached hydrogens (tertiary/aromatic N) is 2. The van der Waals surface area contributed by atoms with Crippen molar-refractivity contribution in [3.63, 3.8) is 0 Å². The Morgan fingerprint density at radius 2 is 1.74 bits per heavy atom. The fraction of sp³-hybridized carbons (Fsp3) is 0.238. The van der Waals surface area contributed by atoms with Crippen LogP contribution in [-0.2, 0) is 11.2 Å². The molecule has 0 unspecified atom stereocenters. The topological polar surface area (TPSA) is 72.9 Å². The van der Waals surface area contributed by atoms with Crippen LogP contribution in [0.15, 0.2) is 59.8 Å². The number of hydrogen-bond donors (Lipinski definition) is 2. The smallest absolute Gasteiger partial charge is 0.322 e. The van der Waals surface area contributed by atoms with E-state index in [2.05, 4.69) is 12.2 Å². The van der Waals surface area contributed by atoms with E-state index in [1.54, 1.807) is 36.2 Å². The summed E-state index contributed by atoms with van der Waals surface area (Å²) in [5, 5.41) is 12.4. The van der Waals surface area contributed by atoms with Gasteiger partial charge in [-0.05, 0) is 41.8 Å². The predicted molar refractivity (Wildman–Crippen MR) is 102 cm³/mol. The van der Waals surface area contributed by atoms with E-state index in [0.717, 1.165) is 17.7 Å². The zero-order valence-corrected chi connectivity index (χ0v) is 15.3. The number of carbonyl (C=O) groups excluding carboxylic acids is 2. The van der Waals surface area contributed by atoms with Gasteiger partial charge in [-0.3, -0.25) is 9.69 Å². The zero-order chi connectivity index (χ0) is 19.1. The van der Waals surface area contributed by atoms with Gasteiger partial charge in [0.1, 0.15) is 5.75 Å². The maximum atomic E-state index is 13.2. The molecule has 27 heavy (non-hydrogen) atoms. The molecule has 2 aromatic rings. The molecule has 0 radical (unpaired) electrons. The van der Waals surface area contributed by atoms with Crippen LogP contribution in [-0.4, -0.2) is 35.5 Å². The van der Waals surface area contributed by atoms with E-state index in [1.807, 2.05) is 24.3 Å². The van der Waals surface area contributed by atoms with Gasteiger partial charge in [0, 0.05) is 12.7 Å². The highest BCUT2D eigenvalue weighted by Crippen LogP contribution is 2.37. The SMILES string of the molecule is CCc1ccc(N2CC3=C(C2=O)[C@H](c2ccc(O)cc2)NC(=O)N3C)cc1. The average molecular weight is 363 g/mol. The lowest BCUT2D eigenvalue weighted by atomic mass is 9.95. The minimum atomic E-state index is -0.531. The molecule has 3 amide bonds. The molecule has 0 aromatic heterocycles. The minimum absolute atomic E-state index is 0.112. The summed E-state index contributed by atoms with van der Waals surface area (Å²) in [6, 6.07) is 13.7. The Bertz CT molecular complexity index is 932. The van der Waals surface area contributed by atoms with Crippen LogP contribution in [0.25, 0.3) is 0 Å². The Balaban J connectivity index is 1.72. The molecule has 6 nitrogen and oxygen atoms in total. The number of amides is 3. The van der Waals surface area contributed by atoms with E-state index in [4.69, 9.17) is 0 Å². The van der Waals surface area contributed by atoms with Crippen molar-refractivity contribution in [1.29, 1.82) is 0 Å². The number of likely N-dealkylation sites (N-methyl/N-ethyl adjacent to an activating group) is 1. The maximum absolute atomic E-state index is 13.2. The normalized spacial score (nSPS) is 19.4. The van der Waals surface area contributed by atoms with Gasteiger partial charge in [0.25, 0.3) is 5.91 Å². The molecule has 0 saturated carbocycles. The molecule has 0 aliphatic carbocycles. The number of nitrogens with one attached hydrogen (secondary N) is 1. The molecule has 138 valence electrons. The molecule has 2 aromatic carbocycles. The molecule has 2 aliphatic heterocycles. The highest BCUT2D eigenvalue weighted by atomic mass is 16.3. The second-order valence-corrected chi connectivity index (χ2v) is 6.80. The van der Waals surface area contributed by atoms with Gasteiger partial charge in [-0.25, -0.2) is 4.79 Å². The van der Waals surface area contributed by atoms with Crippen LogP contribution in [0.3, 0.4) is 0 Å². The third-order valence-corrected chi connectivity index (χ3v) is 5.24. The number of aromatic hydroxyl groups is 1. The van der Waals surface area contributed by atoms with Crippen LogP contribution < -0.4 is 10.2 Å². The van der Waals surface area contributed by atoms with Crippen LogP contribution in [0, 0.1) is 0 Å². The van der Waals surface area contributed by atoms with Crippen molar-refractivity contribution in [3.8, 4) is 5.75 Å². The van der Waals surface area contributed by atoms with E-state index < -0.39 is 6.04 Å². The van der Waals surface area contributed by atoms with Crippen molar-refractivity contribution in [1.82, 2.24) is 10.2 Å². The molecule has 0 fully saturated rings. The highest BCUT2D eigenvalue weighted by Gasteiger charge is 2.43. The van der Waals surface area contributed by atoms with E-state index in [1.165, 1.54) is 10.5 Å². The Labute approximate surface area is 157 Å². The first-order chi connectivity index (χ1) is 13.0. The van der Waals surface area contributed by atoms with Crippen molar-refractivity contribution in [2.75, 3.05) is 18.5 Å². The van der Waals surface area contributed by atoms with E-state index in [9.17, 15) is 14.7 Å². The Morgan fingerprint density at radius 1 is 1.07 bits per heavy atom. The summed E-state index contributed by atoms with van der Waals surface area (Å²) in [5.41, 5.74) is 4.07. The average Bonchev–Trinajstić information content (AvgIpc) is 3.03. The fourth-order valence-electron chi connectivity index (χ4n) is 3.60. The van der Waals surface area contributed by atoms with Crippen LogP contribution >= 0.6 is 0 Å². The number of phenols is 1. The van der Waals surface area contributed by atoms with Crippen molar-refractivity contribution >= 4 is 17.6 Å². The van der Waals surface area contributed by atoms with Gasteiger partial charge in [-0.15, -0.1) is 0 Å². The van der Waals surface area contributed by atoms with Gasteiger partial charge in [-0.2, -0.15) is 0 Å². The number of rotatable bonds is 3. The van der Waals surface area contributed by atoms with Gasteiger partial charge in [0.15, 0.2) is 0 Å². The summed E-state index contributed by atoms with van der Waals surface area (Å²) in [7, 11) is 1.68. The van der Waals surface area contributed by atoms with Crippen molar-refractivity contribution in [2.45, 2.75) is 19.4 Å². The molecular weight excluding hydrogens is 342 g/mol. The van der Waals surface area contributed by atoms with Crippen LogP contribution in [0.2, 0.25) is 0 Å². The molecular formula is C21H21N3O3. The van der Waals surface area contributed by atoms with Crippen LogP contribution in [0.4, 0.5) is 10.5 Å². The summed E-state index contributed by atoms with van der Waals surface area (Å²) >= 11 is 0. The second kappa shape index (κ2) is 6.46. The fourth-order valence-corrected chi connectivity index (χ4v) is 3.60. The standard InChI is InChI=1S/C21H21N3O3/c1-3-13-4-8-15(9-5-13)24-12-17-18(20(24)26)19(22-21(27)23(17)2)14-6-10-16(25)11-7-14/h4-11,19,25H,3,12H2,1-2H3,(H,22,27)/t19-/m0/s1. The van der Waals surface area contributed by atoms with E-state index >= 15 is 0 Å². The van der Waals surface area contributed by atoms with Gasteiger partial charge < -0.3 is 15.3 Å². The number of hydrogen-bond acceptors (Lipinski definition) is 3. The van der Waals surface area contributed by atoms with E-state index in [-0.39, 0.29) is 17.7 Å². The largest absolute Gasteiger partial charge is 0.508 e. The highest BCUT2D eigenvalue weighted by molar-refractivity contribution is 6.11. The summed E-state index contributed by atoms with van der Waals surface area (Å²) < 4.78 is 0. The summed E-state index contributed by atoms with van der Waals surface area (Å²) in [5.74, 6) is 0.0294. The molecule has 0 bridgehead atoms. The number of aryl methyl sites for hydroxylation is 1. The number of phenolic OH excluding ortho intramolecular Hbond substituents is 1. The molecule has 0 saturated heterocycles. The number of benzene rings is 2. The van der Waals surface area contributed by atoms with Crippen LogP contribution in [0.1, 0.15) is 24.1 Å². The second-order valence-electron chi connectivity index (χ2n) is 6.80. The Morgan fingerprint density at radius 3 is 2.37 bits per heavy atom. The minimum Gasteiger partial charge on any atom is -0.508 e. The molecule has 2 N–H and O–H groups in total. The zero-order valence-electron chi connectivity index (χ0n) is 15.3. The first-order valence-corrected chi connectivity index (χ1v) is 8.96. The predicted octanol–water partition coefficient (Wildman–Crippen LogP) is 2.95. The number of anilines is 1. The summed E-state index contributed by atoms with van der Waals surface area (Å²) in [6.07, 6.45) is 0.938. The number of urea groups is 1. The molecule has 2 heterocycles. The quantitative estimate of drug-likeness (QED) is 0.881. The van der Waals surface area contributed by atoms with Crippen molar-refractivity contribution in [3.05, 3.63) is 70.9 Å². The molecule has 0 spiro atoms. The Kier molecular flexibility index (Phi) is 4.11. The maximum Gasteiger partial charge on any atom is 0.322 e. The van der Waals surface area contributed by atoms with Gasteiger partial charge >= 0.3 is 6.03 Å². The Hall–Kier alpha value is -3.28. The van der Waals surface area contributed by atoms with E-state index in [0.29, 0.717) is 17.8 Å². The summed E-state index contributed by atoms with van der Waals surface area (Å²) in [6.45, 7) is 2.45. The lowest BCUT2D eigenvalue weighted by molar-refractivity contribution is -0.114. The summed E-state index contributed by atoms with van der Waals surface area (Å²) in [4.78, 5) is 28.9. The van der Waals surface area contributed by atoms with Gasteiger partial charge in [0.2, 0.25) is 0 Å². The molecule has 4 rings (SSSR count). The number of carbonyl (C=O) groups is 2. The van der Waals surface area contributed by atoms with Gasteiger partial charge in [-0.1, -0.05) is 31.2 Å². The lowest BCUT2D eigenvalue weighted by Gasteiger charge is -2.31. The third-order valence-electron chi connectivity index (χ3n) is 5.24. The van der Waals surface area contributed by atoms with Gasteiger partial charge in [0.05, 0.1) is 23.9 Å². The third kappa shape index (κ3) is 2.83. The molecule has 1 atom stereocenters. The monoisotopic (exact) mass is 363 g/mol. The van der Waals surface area contributed by atoms with Crippen molar-refractivity contribution in [2.24, 2.45) is 0 Å². The first-order valence-electron chi connectivity index (χ1n) is 8.96.